The molecule has 0 bridgehead atoms. The van der Waals surface area contributed by atoms with Crippen LogP contribution in [0.4, 0.5) is 5.00 Å². The number of hydrogen-bond acceptors (Lipinski definition) is 6. The molecular weight excluding hydrogens is 352 g/mol. The fraction of sp³-hybridized carbons (Fsp3) is 0.556. The molecule has 0 unspecified atom stereocenters. The zero-order valence-electron chi connectivity index (χ0n) is 15.0. The predicted octanol–water partition coefficient (Wildman–Crippen LogP) is 3.76. The number of aryl methyl sites for hydroxylation is 1. The fourth-order valence-corrected chi connectivity index (χ4v) is 4.92. The van der Waals surface area contributed by atoms with E-state index in [1.54, 1.807) is 11.3 Å². The van der Waals surface area contributed by atoms with Gasteiger partial charge in [-0.15, -0.1) is 11.3 Å². The van der Waals surface area contributed by atoms with Crippen LogP contribution in [0.1, 0.15) is 46.7 Å². The van der Waals surface area contributed by atoms with Crippen molar-refractivity contribution in [2.45, 2.75) is 32.7 Å². The van der Waals surface area contributed by atoms with E-state index in [2.05, 4.69) is 44.3 Å². The Hall–Kier alpha value is -1.44. The van der Waals surface area contributed by atoms with Crippen LogP contribution in [0.25, 0.3) is 0 Å². The lowest BCUT2D eigenvalue weighted by atomic mass is 9.97. The van der Waals surface area contributed by atoms with E-state index >= 15 is 0 Å². The summed E-state index contributed by atoms with van der Waals surface area (Å²) in [6.07, 6.45) is 2.46. The molecule has 1 atom stereocenters. The van der Waals surface area contributed by atoms with Gasteiger partial charge in [0.1, 0.15) is 5.00 Å². The normalized spacial score (nSPS) is 17.4. The molecule has 2 aromatic heterocycles. The SMILES string of the molecule is CNc1snc(C)c1C(=O)NC[C@H](c1cccs1)N1CCC(C)CC1. The van der Waals surface area contributed by atoms with Crippen molar-refractivity contribution in [1.82, 2.24) is 14.6 Å². The number of nitrogens with zero attached hydrogens (tertiary/aromatic N) is 2. The summed E-state index contributed by atoms with van der Waals surface area (Å²) in [5.74, 6) is 0.759. The van der Waals surface area contributed by atoms with Gasteiger partial charge in [0.05, 0.1) is 17.3 Å². The number of piperidine rings is 1. The van der Waals surface area contributed by atoms with Crippen molar-refractivity contribution in [2.24, 2.45) is 5.92 Å². The maximum Gasteiger partial charge on any atom is 0.256 e. The van der Waals surface area contributed by atoms with Crippen LogP contribution in [0, 0.1) is 12.8 Å². The van der Waals surface area contributed by atoms with Gasteiger partial charge in [0, 0.05) is 18.5 Å². The number of aromatic nitrogens is 1. The first-order valence-electron chi connectivity index (χ1n) is 8.79. The Kier molecular flexibility index (Phi) is 6.09. The monoisotopic (exact) mass is 378 g/mol. The first-order chi connectivity index (χ1) is 12.1. The second-order valence-electron chi connectivity index (χ2n) is 6.68. The second kappa shape index (κ2) is 8.29. The van der Waals surface area contributed by atoms with E-state index in [1.165, 1.54) is 29.3 Å². The molecule has 0 aliphatic carbocycles. The fourth-order valence-electron chi connectivity index (χ4n) is 3.32. The van der Waals surface area contributed by atoms with Gasteiger partial charge in [-0.3, -0.25) is 9.69 Å². The maximum atomic E-state index is 12.7. The van der Waals surface area contributed by atoms with Gasteiger partial charge in [-0.2, -0.15) is 4.37 Å². The third kappa shape index (κ3) is 4.22. The molecule has 3 heterocycles. The van der Waals surface area contributed by atoms with Gasteiger partial charge < -0.3 is 10.6 Å². The van der Waals surface area contributed by atoms with Crippen LogP contribution in [0.15, 0.2) is 17.5 Å². The molecule has 0 aromatic carbocycles. The average molecular weight is 379 g/mol. The highest BCUT2D eigenvalue weighted by atomic mass is 32.1. The third-order valence-corrected chi connectivity index (χ3v) is 6.83. The minimum Gasteiger partial charge on any atom is -0.378 e. The number of nitrogens with one attached hydrogen (secondary N) is 2. The molecule has 0 saturated carbocycles. The van der Waals surface area contributed by atoms with Gasteiger partial charge in [0.2, 0.25) is 0 Å². The standard InChI is InChI=1S/C18H26N4OS2/c1-12-6-8-22(9-7-12)14(15-5-4-10-24-15)11-20-17(23)16-13(2)21-25-18(16)19-3/h4-5,10,12,14,19H,6-9,11H2,1-3H3,(H,20,23)/t14-/m1/s1. The summed E-state index contributed by atoms with van der Waals surface area (Å²) in [6, 6.07) is 4.52. The van der Waals surface area contributed by atoms with Crippen LogP contribution in [0.5, 0.6) is 0 Å². The van der Waals surface area contributed by atoms with E-state index in [0.717, 1.165) is 29.7 Å². The average Bonchev–Trinajstić information content (AvgIpc) is 3.26. The van der Waals surface area contributed by atoms with E-state index in [0.29, 0.717) is 12.1 Å². The lowest BCUT2D eigenvalue weighted by Crippen LogP contribution is -2.41. The largest absolute Gasteiger partial charge is 0.378 e. The molecule has 2 N–H and O–H groups in total. The number of likely N-dealkylation sites (tertiary alicyclic amines) is 1. The number of carbonyl (C=O) groups is 1. The Bertz CT molecular complexity index is 690. The number of rotatable bonds is 6. The molecule has 1 aliphatic heterocycles. The van der Waals surface area contributed by atoms with E-state index in [4.69, 9.17) is 0 Å². The van der Waals surface area contributed by atoms with Crippen molar-refractivity contribution in [1.29, 1.82) is 0 Å². The summed E-state index contributed by atoms with van der Waals surface area (Å²) < 4.78 is 4.29. The minimum absolute atomic E-state index is 0.0393. The lowest BCUT2D eigenvalue weighted by molar-refractivity contribution is 0.0915. The summed E-state index contributed by atoms with van der Waals surface area (Å²) in [5, 5.41) is 9.16. The molecule has 0 spiro atoms. The zero-order valence-corrected chi connectivity index (χ0v) is 16.7. The number of amides is 1. The Morgan fingerprint density at radius 2 is 2.20 bits per heavy atom. The Morgan fingerprint density at radius 1 is 1.44 bits per heavy atom. The van der Waals surface area contributed by atoms with Crippen molar-refractivity contribution < 1.29 is 4.79 Å². The van der Waals surface area contributed by atoms with Gasteiger partial charge in [-0.1, -0.05) is 13.0 Å². The third-order valence-electron chi connectivity index (χ3n) is 4.90. The molecule has 1 saturated heterocycles. The van der Waals surface area contributed by atoms with E-state index < -0.39 is 0 Å². The van der Waals surface area contributed by atoms with E-state index in [9.17, 15) is 4.79 Å². The van der Waals surface area contributed by atoms with Crippen LogP contribution in [0.3, 0.4) is 0 Å². The van der Waals surface area contributed by atoms with Crippen LogP contribution >= 0.6 is 22.9 Å². The van der Waals surface area contributed by atoms with Crippen LogP contribution < -0.4 is 10.6 Å². The zero-order chi connectivity index (χ0) is 17.8. The van der Waals surface area contributed by atoms with Crippen molar-refractivity contribution in [3.8, 4) is 0 Å². The highest BCUT2D eigenvalue weighted by Gasteiger charge is 2.26. The molecule has 1 fully saturated rings. The number of anilines is 1. The number of hydrogen-bond donors (Lipinski definition) is 2. The smallest absolute Gasteiger partial charge is 0.256 e. The first-order valence-corrected chi connectivity index (χ1v) is 10.4. The summed E-state index contributed by atoms with van der Waals surface area (Å²) in [5.41, 5.74) is 1.45. The van der Waals surface area contributed by atoms with Gasteiger partial charge in [0.15, 0.2) is 0 Å². The molecule has 0 radical (unpaired) electrons. The molecule has 7 heteroatoms. The minimum atomic E-state index is -0.0393. The quantitative estimate of drug-likeness (QED) is 0.804. The highest BCUT2D eigenvalue weighted by Crippen LogP contribution is 2.29. The number of carbonyl (C=O) groups excluding carboxylic acids is 1. The predicted molar refractivity (Wildman–Crippen MR) is 106 cm³/mol. The van der Waals surface area contributed by atoms with Gasteiger partial charge in [0.25, 0.3) is 5.91 Å². The molecule has 1 aliphatic rings. The van der Waals surface area contributed by atoms with E-state index in [-0.39, 0.29) is 11.9 Å². The molecule has 5 nitrogen and oxygen atoms in total. The van der Waals surface area contributed by atoms with Gasteiger partial charge >= 0.3 is 0 Å². The molecule has 2 aromatic rings. The van der Waals surface area contributed by atoms with Gasteiger partial charge in [-0.05, 0) is 61.8 Å². The highest BCUT2D eigenvalue weighted by molar-refractivity contribution is 7.10. The van der Waals surface area contributed by atoms with Crippen LogP contribution in [-0.4, -0.2) is 41.9 Å². The topological polar surface area (TPSA) is 57.3 Å². The Balaban J connectivity index is 1.70. The Labute approximate surface area is 157 Å². The van der Waals surface area contributed by atoms with Crippen molar-refractivity contribution in [3.05, 3.63) is 33.6 Å². The summed E-state index contributed by atoms with van der Waals surface area (Å²) >= 11 is 3.10. The maximum absolute atomic E-state index is 12.7. The van der Waals surface area contributed by atoms with Crippen molar-refractivity contribution >= 4 is 33.8 Å². The molecule has 136 valence electrons. The van der Waals surface area contributed by atoms with Gasteiger partial charge in [-0.25, -0.2) is 0 Å². The lowest BCUT2D eigenvalue weighted by Gasteiger charge is -2.36. The summed E-state index contributed by atoms with van der Waals surface area (Å²) in [4.78, 5) is 16.6. The van der Waals surface area contributed by atoms with Crippen molar-refractivity contribution in [2.75, 3.05) is 32.0 Å². The number of thiophene rings is 1. The van der Waals surface area contributed by atoms with Crippen molar-refractivity contribution in [3.63, 3.8) is 0 Å². The second-order valence-corrected chi connectivity index (χ2v) is 8.43. The molecule has 3 rings (SSSR count). The molecular formula is C18H26N4OS2. The summed E-state index contributed by atoms with van der Waals surface area (Å²) in [6.45, 7) is 7.03. The van der Waals surface area contributed by atoms with Crippen LogP contribution in [-0.2, 0) is 0 Å². The first kappa shape index (κ1) is 18.4. The van der Waals surface area contributed by atoms with E-state index in [1.807, 2.05) is 14.0 Å². The molecule has 1 amide bonds. The summed E-state index contributed by atoms with van der Waals surface area (Å²) in [7, 11) is 1.83. The van der Waals surface area contributed by atoms with Crippen LogP contribution in [0.2, 0.25) is 0 Å². The Morgan fingerprint density at radius 3 is 2.84 bits per heavy atom. The molecule has 25 heavy (non-hydrogen) atoms.